The summed E-state index contributed by atoms with van der Waals surface area (Å²) in [4.78, 5) is 9.61. The van der Waals surface area contributed by atoms with Crippen molar-refractivity contribution in [3.8, 4) is 11.5 Å². The topological polar surface area (TPSA) is 46.5 Å². The minimum Gasteiger partial charge on any atom is -0.483 e. The minimum absolute atomic E-state index is 0.250. The maximum atomic E-state index is 8.36. The molecular weight excluding hydrogens is 332 g/mol. The summed E-state index contributed by atoms with van der Waals surface area (Å²) in [5.41, 5.74) is 2.57. The summed E-state index contributed by atoms with van der Waals surface area (Å²) >= 11 is 1.74. The summed E-state index contributed by atoms with van der Waals surface area (Å²) in [6, 6.07) is 19.0. The largest absolute Gasteiger partial charge is 0.483 e. The van der Waals surface area contributed by atoms with E-state index in [-0.39, 0.29) is 6.47 Å². The molecule has 3 aromatic carbocycles. The molecule has 130 valence electrons. The molecule has 0 unspecified atom stereocenters. The van der Waals surface area contributed by atoms with Gasteiger partial charge in [0.15, 0.2) is 0 Å². The van der Waals surface area contributed by atoms with E-state index in [9.17, 15) is 0 Å². The zero-order valence-corrected chi connectivity index (χ0v) is 15.5. The van der Waals surface area contributed by atoms with Gasteiger partial charge in [-0.05, 0) is 60.4 Å². The zero-order chi connectivity index (χ0) is 18.2. The normalized spacial score (nSPS) is 10.0. The number of hydrogen-bond donors (Lipinski definition) is 1. The van der Waals surface area contributed by atoms with Gasteiger partial charge in [0.1, 0.15) is 11.5 Å². The number of aryl methyl sites for hydroxylation is 1. The van der Waals surface area contributed by atoms with Crippen molar-refractivity contribution >= 4 is 29.0 Å². The van der Waals surface area contributed by atoms with Gasteiger partial charge in [0, 0.05) is 10.3 Å². The van der Waals surface area contributed by atoms with E-state index in [1.807, 2.05) is 12.1 Å². The number of thioether (sulfide) groups is 1. The van der Waals surface area contributed by atoms with Crippen LogP contribution in [-0.2, 0) is 11.2 Å². The number of carboxylic acid groups (broad SMARTS) is 1. The molecule has 0 aliphatic rings. The molecule has 0 amide bonds. The molecule has 0 aliphatic carbocycles. The van der Waals surface area contributed by atoms with Gasteiger partial charge < -0.3 is 9.84 Å². The van der Waals surface area contributed by atoms with Gasteiger partial charge in [-0.3, -0.25) is 4.79 Å². The first kappa shape index (κ1) is 18.9. The highest BCUT2D eigenvalue weighted by Crippen LogP contribution is 2.36. The smallest absolute Gasteiger partial charge is 0.290 e. The van der Waals surface area contributed by atoms with Crippen LogP contribution in [0, 0.1) is 6.92 Å². The van der Waals surface area contributed by atoms with E-state index in [1.165, 1.54) is 26.8 Å². The molecule has 0 saturated carbocycles. The number of ether oxygens (including phenoxy) is 1. The number of fused-ring (bicyclic) bond motifs is 1. The molecule has 0 radical (unpaired) electrons. The van der Waals surface area contributed by atoms with Crippen LogP contribution in [0.3, 0.4) is 0 Å². The van der Waals surface area contributed by atoms with Crippen molar-refractivity contribution in [2.45, 2.75) is 25.2 Å². The second-order valence-corrected chi connectivity index (χ2v) is 6.33. The third-order valence-corrected chi connectivity index (χ3v) is 4.76. The van der Waals surface area contributed by atoms with Crippen LogP contribution >= 0.6 is 11.8 Å². The SMILES string of the molecule is CCc1cc2ccccc2c(Oc2ccc(SC)cc2)c1C.O=CO. The molecule has 1 N–H and O–H groups in total. The molecule has 0 heterocycles. The Labute approximate surface area is 152 Å². The van der Waals surface area contributed by atoms with Gasteiger partial charge in [-0.15, -0.1) is 11.8 Å². The lowest BCUT2D eigenvalue weighted by molar-refractivity contribution is -0.122. The summed E-state index contributed by atoms with van der Waals surface area (Å²) in [5.74, 6) is 1.87. The van der Waals surface area contributed by atoms with E-state index >= 15 is 0 Å². The number of benzene rings is 3. The van der Waals surface area contributed by atoms with Gasteiger partial charge in [-0.1, -0.05) is 37.3 Å². The minimum atomic E-state index is -0.250. The first-order valence-electron chi connectivity index (χ1n) is 8.05. The van der Waals surface area contributed by atoms with E-state index in [4.69, 9.17) is 14.6 Å². The van der Waals surface area contributed by atoms with Gasteiger partial charge in [0.25, 0.3) is 6.47 Å². The highest BCUT2D eigenvalue weighted by molar-refractivity contribution is 7.98. The molecule has 3 rings (SSSR count). The van der Waals surface area contributed by atoms with Crippen LogP contribution in [-0.4, -0.2) is 17.8 Å². The van der Waals surface area contributed by atoms with Crippen LogP contribution in [0.1, 0.15) is 18.1 Å². The van der Waals surface area contributed by atoms with Crippen molar-refractivity contribution < 1.29 is 14.6 Å². The Morgan fingerprint density at radius 2 is 1.76 bits per heavy atom. The molecule has 0 aromatic heterocycles. The average Bonchev–Trinajstić information content (AvgIpc) is 2.65. The first-order valence-corrected chi connectivity index (χ1v) is 9.28. The zero-order valence-electron chi connectivity index (χ0n) is 14.7. The first-order chi connectivity index (χ1) is 12.1. The molecule has 0 spiro atoms. The predicted molar refractivity (Wildman–Crippen MR) is 105 cm³/mol. The lowest BCUT2D eigenvalue weighted by Gasteiger charge is -2.15. The Balaban J connectivity index is 0.000000701. The molecule has 0 saturated heterocycles. The Kier molecular flexibility index (Phi) is 6.90. The highest BCUT2D eigenvalue weighted by atomic mass is 32.2. The molecule has 3 nitrogen and oxygen atoms in total. The summed E-state index contributed by atoms with van der Waals surface area (Å²) in [5, 5.41) is 9.30. The second-order valence-electron chi connectivity index (χ2n) is 5.45. The third-order valence-electron chi connectivity index (χ3n) is 4.02. The molecule has 0 bridgehead atoms. The third kappa shape index (κ3) is 4.54. The molecule has 25 heavy (non-hydrogen) atoms. The molecule has 0 atom stereocenters. The second kappa shape index (κ2) is 9.14. The maximum absolute atomic E-state index is 8.36. The number of hydrogen-bond acceptors (Lipinski definition) is 3. The fourth-order valence-electron chi connectivity index (χ4n) is 2.73. The van der Waals surface area contributed by atoms with Crippen LogP contribution in [0.4, 0.5) is 0 Å². The Hall–Kier alpha value is -2.46. The van der Waals surface area contributed by atoms with Crippen molar-refractivity contribution in [3.63, 3.8) is 0 Å². The van der Waals surface area contributed by atoms with E-state index < -0.39 is 0 Å². The van der Waals surface area contributed by atoms with E-state index in [2.05, 4.69) is 62.6 Å². The van der Waals surface area contributed by atoms with Crippen molar-refractivity contribution in [1.29, 1.82) is 0 Å². The fraction of sp³-hybridized carbons (Fsp3) is 0.190. The van der Waals surface area contributed by atoms with E-state index in [1.54, 1.807) is 11.8 Å². The van der Waals surface area contributed by atoms with Crippen LogP contribution in [0.5, 0.6) is 11.5 Å². The molecule has 3 aromatic rings. The summed E-state index contributed by atoms with van der Waals surface area (Å²) < 4.78 is 6.26. The average molecular weight is 354 g/mol. The maximum Gasteiger partial charge on any atom is 0.290 e. The highest BCUT2D eigenvalue weighted by Gasteiger charge is 2.11. The summed E-state index contributed by atoms with van der Waals surface area (Å²) in [6.07, 6.45) is 3.09. The summed E-state index contributed by atoms with van der Waals surface area (Å²) in [6.45, 7) is 4.09. The standard InChI is InChI=1S/C20H20OS.CH2O2/c1-4-15-13-16-7-5-6-8-19(16)20(14(15)2)21-17-9-11-18(22-3)12-10-17;2-1-3/h5-13H,4H2,1-3H3;1H,(H,2,3). The van der Waals surface area contributed by atoms with E-state index in [0.29, 0.717) is 0 Å². The van der Waals surface area contributed by atoms with Crippen molar-refractivity contribution in [3.05, 3.63) is 65.7 Å². The monoisotopic (exact) mass is 354 g/mol. The lowest BCUT2D eigenvalue weighted by atomic mass is 9.99. The molecule has 4 heteroatoms. The van der Waals surface area contributed by atoms with Crippen molar-refractivity contribution in [2.24, 2.45) is 0 Å². The Bertz CT molecular complexity index is 842. The number of carbonyl (C=O) groups is 1. The van der Waals surface area contributed by atoms with Crippen LogP contribution in [0.15, 0.2) is 59.5 Å². The van der Waals surface area contributed by atoms with Gasteiger partial charge >= 0.3 is 0 Å². The van der Waals surface area contributed by atoms with Crippen molar-refractivity contribution in [2.75, 3.05) is 6.26 Å². The van der Waals surface area contributed by atoms with Crippen molar-refractivity contribution in [1.82, 2.24) is 0 Å². The molecule has 0 aliphatic heterocycles. The fourth-order valence-corrected chi connectivity index (χ4v) is 3.14. The quantitative estimate of drug-likeness (QED) is 0.466. The molecular formula is C21H22O3S. The summed E-state index contributed by atoms with van der Waals surface area (Å²) in [7, 11) is 0. The Morgan fingerprint density at radius 1 is 1.12 bits per heavy atom. The van der Waals surface area contributed by atoms with Crippen LogP contribution < -0.4 is 4.74 Å². The van der Waals surface area contributed by atoms with Gasteiger partial charge in [-0.25, -0.2) is 0 Å². The lowest BCUT2D eigenvalue weighted by Crippen LogP contribution is -1.94. The van der Waals surface area contributed by atoms with Crippen LogP contribution in [0.25, 0.3) is 10.8 Å². The predicted octanol–water partition coefficient (Wildman–Crippen LogP) is 5.93. The van der Waals surface area contributed by atoms with Gasteiger partial charge in [0.05, 0.1) is 0 Å². The number of rotatable bonds is 4. The Morgan fingerprint density at radius 3 is 2.36 bits per heavy atom. The van der Waals surface area contributed by atoms with Gasteiger partial charge in [0.2, 0.25) is 0 Å². The van der Waals surface area contributed by atoms with Gasteiger partial charge in [-0.2, -0.15) is 0 Å². The molecule has 0 fully saturated rings. The van der Waals surface area contributed by atoms with Crippen LogP contribution in [0.2, 0.25) is 0 Å². The van der Waals surface area contributed by atoms with E-state index in [0.717, 1.165) is 17.9 Å².